The number of carbonyl (C=O) groups is 12. The number of esters is 12. The first-order chi connectivity index (χ1) is 37.9. The number of carbonyl (C=O) groups excluding carboxylic acids is 12. The molecule has 0 aromatic heterocycles. The van der Waals surface area contributed by atoms with Crippen molar-refractivity contribution in [2.24, 2.45) is 0 Å². The molecular weight excluding hydrogens is 1500 g/mol. The Morgan fingerprint density at radius 1 is 0.376 bits per heavy atom. The summed E-state index contributed by atoms with van der Waals surface area (Å²) in [4.78, 5) is 138. The van der Waals surface area contributed by atoms with Gasteiger partial charge in [-0.25, -0.2) is 28.8 Å². The van der Waals surface area contributed by atoms with Crippen molar-refractivity contribution in [2.75, 3.05) is 34.1 Å². The standard InChI is InChI=1S/C21H20O10.C18H19O8.C10H15O4.C7H11O2.5Y/c1-5-13(4)31-21(26)15-9-8-14(19(24)29-11-27-17(22)6-2)10-16(15)20(25)30-12-28-18(23)7-3;1-5-11(3)26-18(22)13-8-7-12(16(20)23-4)9-14(13)17(21)25-10-24-15(19)6-2;1-4-8(3)14-10(12)6-7-13-9(11)5-2;1-4-6(3)9-7(8)5-2;;;;;/h8-10,13H,2-3,5,11-12H2,1,4H3;7-9,11H,2,5,10H2,1,3-4H3;8H,2,4,6-7H2,1,3H3;6H,2,4H2,1,3H3;;;;;/q-2;3*-1;;;;;. The largest absolute Gasteiger partial charge is 0.489 e. The topological polar surface area (TPSA) is 316 Å². The van der Waals surface area contributed by atoms with E-state index in [2.05, 4.69) is 62.7 Å². The predicted molar refractivity (Wildman–Crippen MR) is 275 cm³/mol. The van der Waals surface area contributed by atoms with E-state index >= 15 is 0 Å². The van der Waals surface area contributed by atoms with Gasteiger partial charge in [0, 0.05) is 164 Å². The summed E-state index contributed by atoms with van der Waals surface area (Å²) in [5, 5.41) is 0. The van der Waals surface area contributed by atoms with E-state index in [9.17, 15) is 57.5 Å². The first kappa shape index (κ1) is 95.0. The minimum absolute atomic E-state index is 0. The summed E-state index contributed by atoms with van der Waals surface area (Å²) in [7, 11) is 1.18. The molecule has 5 radical (unpaired) electrons. The Hall–Kier alpha value is -3.70. The van der Waals surface area contributed by atoms with E-state index in [0.717, 1.165) is 25.0 Å². The van der Waals surface area contributed by atoms with Gasteiger partial charge in [0.2, 0.25) is 20.4 Å². The van der Waals surface area contributed by atoms with Crippen molar-refractivity contribution in [2.45, 2.75) is 112 Å². The smallest absolute Gasteiger partial charge is 0.341 e. The Morgan fingerprint density at radius 3 is 1.01 bits per heavy atom. The molecular formula is C56H65O24Y5-5. The summed E-state index contributed by atoms with van der Waals surface area (Å²) in [6, 6.07) is 7.13. The van der Waals surface area contributed by atoms with Crippen LogP contribution < -0.4 is 0 Å². The van der Waals surface area contributed by atoms with Gasteiger partial charge in [0.1, 0.15) is 11.9 Å². The summed E-state index contributed by atoms with van der Waals surface area (Å²) in [5.41, 5.74) is -0.948. The van der Waals surface area contributed by atoms with Crippen molar-refractivity contribution in [1.82, 2.24) is 0 Å². The molecule has 0 amide bonds. The average Bonchev–Trinajstić information content (AvgIpc) is 3.46. The molecule has 0 aliphatic carbocycles. The van der Waals surface area contributed by atoms with Crippen LogP contribution in [0.1, 0.15) is 150 Å². The van der Waals surface area contributed by atoms with Crippen LogP contribution in [-0.4, -0.2) is 130 Å². The second kappa shape index (κ2) is 56.8. The number of hydrogen-bond donors (Lipinski definition) is 0. The summed E-state index contributed by atoms with van der Waals surface area (Å²) in [5.74, 6) is -9.56. The number of methoxy groups -OCH3 is 1. The SMILES string of the molecule is C=[C-]C(=O)OC(C)CC.C=[C-]C(=O)OCCC(=O)OC(C)CC.C=[C-]C(=O)OCOC(=O)c1cc(C(=O)OC)ccc1C(=O)OC(C)CC.C=[C-]C(=O)OCOC(=O)c1ccc(C(=O)OC(C)CC)c(C(=O)OCOC(=O)[C-]=C)c1.[Y].[Y].[Y].[Y].[Y]. The molecule has 453 valence electrons. The monoisotopic (exact) mass is 1570 g/mol. The minimum atomic E-state index is -1.07. The van der Waals surface area contributed by atoms with Gasteiger partial charge < -0.3 is 87.2 Å². The van der Waals surface area contributed by atoms with E-state index in [1.165, 1.54) is 31.4 Å². The molecule has 0 bridgehead atoms. The number of rotatable bonds is 28. The van der Waals surface area contributed by atoms with Gasteiger partial charge in [-0.2, -0.15) is 0 Å². The zero-order valence-electron chi connectivity index (χ0n) is 48.9. The summed E-state index contributed by atoms with van der Waals surface area (Å²) in [6.45, 7) is 27.8. The van der Waals surface area contributed by atoms with Crippen LogP contribution in [0.5, 0.6) is 0 Å². The minimum Gasteiger partial charge on any atom is -0.489 e. The summed E-state index contributed by atoms with van der Waals surface area (Å²) < 4.78 is 57.0. The van der Waals surface area contributed by atoms with Crippen LogP contribution in [-0.2, 0) is 249 Å². The fourth-order valence-electron chi connectivity index (χ4n) is 4.57. The third-order valence-corrected chi connectivity index (χ3v) is 9.53. The fourth-order valence-corrected chi connectivity index (χ4v) is 4.57. The first-order valence-corrected chi connectivity index (χ1v) is 23.9. The van der Waals surface area contributed by atoms with Crippen LogP contribution >= 0.6 is 0 Å². The van der Waals surface area contributed by atoms with E-state index < -0.39 is 92.1 Å². The van der Waals surface area contributed by atoms with Gasteiger partial charge in [0.25, 0.3) is 0 Å². The Morgan fingerprint density at radius 2 is 0.682 bits per heavy atom. The fraction of sp³-hybridized carbons (Fsp3) is 0.393. The predicted octanol–water partition coefficient (Wildman–Crippen LogP) is 6.57. The van der Waals surface area contributed by atoms with E-state index in [1.54, 1.807) is 27.7 Å². The van der Waals surface area contributed by atoms with Crippen molar-refractivity contribution < 1.29 is 278 Å². The van der Waals surface area contributed by atoms with Gasteiger partial charge in [-0.05, 0) is 89.8 Å². The second-order valence-corrected chi connectivity index (χ2v) is 15.3. The van der Waals surface area contributed by atoms with E-state index in [4.69, 9.17) is 33.2 Å². The van der Waals surface area contributed by atoms with Crippen molar-refractivity contribution in [3.05, 3.63) is 133 Å². The van der Waals surface area contributed by atoms with Gasteiger partial charge in [-0.3, -0.25) is 61.7 Å². The van der Waals surface area contributed by atoms with Crippen LogP contribution in [0, 0.1) is 30.4 Å². The maximum Gasteiger partial charge on any atom is 0.341 e. The molecule has 0 spiro atoms. The molecule has 2 aromatic rings. The maximum atomic E-state index is 12.4. The molecule has 2 rings (SSSR count). The normalized spacial score (nSPS) is 10.5. The van der Waals surface area contributed by atoms with Crippen molar-refractivity contribution in [3.63, 3.8) is 0 Å². The maximum absolute atomic E-state index is 12.4. The molecule has 0 heterocycles. The third-order valence-electron chi connectivity index (χ3n) is 9.53. The molecule has 0 saturated carbocycles. The third kappa shape index (κ3) is 43.6. The van der Waals surface area contributed by atoms with Crippen molar-refractivity contribution >= 4 is 71.6 Å². The molecule has 0 saturated heterocycles. The molecule has 29 heteroatoms. The van der Waals surface area contributed by atoms with E-state index in [0.29, 0.717) is 12.8 Å². The van der Waals surface area contributed by atoms with E-state index in [-0.39, 0.29) is 234 Å². The van der Waals surface area contributed by atoms with Gasteiger partial charge in [-0.1, -0.05) is 27.7 Å². The van der Waals surface area contributed by atoms with Gasteiger partial charge in [0.05, 0.1) is 77.9 Å². The van der Waals surface area contributed by atoms with Crippen molar-refractivity contribution in [1.29, 1.82) is 0 Å². The Balaban J connectivity index is -0.000000203. The number of ether oxygens (including phenoxy) is 12. The van der Waals surface area contributed by atoms with Crippen LogP contribution in [0.15, 0.2) is 69.3 Å². The average molecular weight is 1570 g/mol. The van der Waals surface area contributed by atoms with Crippen LogP contribution in [0.3, 0.4) is 0 Å². The van der Waals surface area contributed by atoms with Crippen LogP contribution in [0.25, 0.3) is 0 Å². The van der Waals surface area contributed by atoms with Crippen molar-refractivity contribution in [3.8, 4) is 0 Å². The number of hydrogen-bond acceptors (Lipinski definition) is 24. The zero-order valence-corrected chi connectivity index (χ0v) is 63.0. The molecule has 4 atom stereocenters. The van der Waals surface area contributed by atoms with Gasteiger partial charge in [0.15, 0.2) is 17.9 Å². The van der Waals surface area contributed by atoms with Gasteiger partial charge >= 0.3 is 41.8 Å². The Labute approximate surface area is 620 Å². The van der Waals surface area contributed by atoms with Crippen LogP contribution in [0.4, 0.5) is 0 Å². The second-order valence-electron chi connectivity index (χ2n) is 15.3. The molecule has 0 aliphatic rings. The Bertz CT molecular complexity index is 2510. The summed E-state index contributed by atoms with van der Waals surface area (Å²) in [6.07, 6.45) is 11.8. The zero-order chi connectivity index (χ0) is 61.3. The summed E-state index contributed by atoms with van der Waals surface area (Å²) >= 11 is 0. The quantitative estimate of drug-likeness (QED) is 0.0286. The molecule has 85 heavy (non-hydrogen) atoms. The Kier molecular flexibility index (Phi) is 63.4. The number of benzene rings is 2. The van der Waals surface area contributed by atoms with Gasteiger partial charge in [-0.15, -0.1) is 0 Å². The molecule has 2 aromatic carbocycles. The molecule has 0 aliphatic heterocycles. The van der Waals surface area contributed by atoms with Crippen LogP contribution in [0.2, 0.25) is 0 Å². The molecule has 4 unspecified atom stereocenters. The molecule has 0 fully saturated rings. The molecule has 24 nitrogen and oxygen atoms in total. The molecule has 0 N–H and O–H groups in total. The first-order valence-electron chi connectivity index (χ1n) is 23.9. The van der Waals surface area contributed by atoms with E-state index in [1.807, 2.05) is 52.0 Å².